The van der Waals surface area contributed by atoms with Crippen LogP contribution in [-0.2, 0) is 11.2 Å². The van der Waals surface area contributed by atoms with Gasteiger partial charge < -0.3 is 19.8 Å². The van der Waals surface area contributed by atoms with Crippen molar-refractivity contribution in [3.05, 3.63) is 34.1 Å². The van der Waals surface area contributed by atoms with Crippen LogP contribution in [-0.4, -0.2) is 30.6 Å². The van der Waals surface area contributed by atoms with Crippen LogP contribution in [0.5, 0.6) is 11.5 Å². The molecule has 0 fully saturated rings. The van der Waals surface area contributed by atoms with Crippen molar-refractivity contribution < 1.29 is 14.3 Å². The zero-order valence-corrected chi connectivity index (χ0v) is 13.1. The number of ether oxygens (including phenoxy) is 2. The molecule has 6 nitrogen and oxygen atoms in total. The van der Waals surface area contributed by atoms with Crippen molar-refractivity contribution >= 4 is 16.8 Å². The van der Waals surface area contributed by atoms with Gasteiger partial charge in [-0.15, -0.1) is 0 Å². The Kier molecular flexibility index (Phi) is 4.50. The molecule has 2 N–H and O–H groups in total. The zero-order chi connectivity index (χ0) is 16.2. The number of hydrogen-bond acceptors (Lipinski definition) is 4. The van der Waals surface area contributed by atoms with Crippen molar-refractivity contribution in [2.24, 2.45) is 0 Å². The van der Waals surface area contributed by atoms with Crippen LogP contribution in [0.4, 0.5) is 0 Å². The molecular formula is C17H20N2O4. The second-order valence-electron chi connectivity index (χ2n) is 5.56. The minimum atomic E-state index is -0.169. The topological polar surface area (TPSA) is 80.4 Å². The molecule has 0 saturated carbocycles. The van der Waals surface area contributed by atoms with Gasteiger partial charge in [0.2, 0.25) is 5.91 Å². The van der Waals surface area contributed by atoms with E-state index in [2.05, 4.69) is 10.3 Å². The number of amides is 1. The number of carbonyl (C=O) groups excluding carboxylic acids is 1. The summed E-state index contributed by atoms with van der Waals surface area (Å²) in [5.74, 6) is 1.29. The fourth-order valence-corrected chi connectivity index (χ4v) is 2.57. The van der Waals surface area contributed by atoms with E-state index in [0.717, 1.165) is 11.8 Å². The van der Waals surface area contributed by atoms with Crippen LogP contribution in [0, 0.1) is 0 Å². The Labute approximate surface area is 133 Å². The molecule has 23 heavy (non-hydrogen) atoms. The van der Waals surface area contributed by atoms with Gasteiger partial charge in [-0.3, -0.25) is 9.59 Å². The average molecular weight is 316 g/mol. The third-order valence-electron chi connectivity index (χ3n) is 3.78. The van der Waals surface area contributed by atoms with E-state index in [1.165, 1.54) is 0 Å². The molecule has 0 aliphatic carbocycles. The van der Waals surface area contributed by atoms with Crippen molar-refractivity contribution in [2.45, 2.75) is 26.2 Å². The molecule has 0 radical (unpaired) electrons. The number of rotatable bonds is 5. The molecule has 0 atom stereocenters. The predicted molar refractivity (Wildman–Crippen MR) is 87.2 cm³/mol. The molecule has 2 aromatic rings. The number of benzene rings is 1. The second-order valence-corrected chi connectivity index (χ2v) is 5.56. The Morgan fingerprint density at radius 2 is 1.96 bits per heavy atom. The fourth-order valence-electron chi connectivity index (χ4n) is 2.57. The van der Waals surface area contributed by atoms with E-state index in [-0.39, 0.29) is 11.5 Å². The Morgan fingerprint density at radius 1 is 1.22 bits per heavy atom. The third-order valence-corrected chi connectivity index (χ3v) is 3.78. The highest BCUT2D eigenvalue weighted by atomic mass is 16.6. The summed E-state index contributed by atoms with van der Waals surface area (Å²) in [6, 6.07) is 5.46. The van der Waals surface area contributed by atoms with Gasteiger partial charge in [-0.25, -0.2) is 0 Å². The normalized spacial score (nSPS) is 13.1. The van der Waals surface area contributed by atoms with E-state index in [9.17, 15) is 9.59 Å². The number of pyridine rings is 1. The highest BCUT2D eigenvalue weighted by Crippen LogP contribution is 2.33. The predicted octanol–water partition coefficient (Wildman–Crippen LogP) is 1.76. The first-order chi connectivity index (χ1) is 11.2. The van der Waals surface area contributed by atoms with Crippen molar-refractivity contribution in [1.82, 2.24) is 10.3 Å². The number of aromatic nitrogens is 1. The summed E-state index contributed by atoms with van der Waals surface area (Å²) in [5.41, 5.74) is 1.14. The van der Waals surface area contributed by atoms with E-state index in [1.54, 1.807) is 6.07 Å². The van der Waals surface area contributed by atoms with Gasteiger partial charge >= 0.3 is 0 Å². The maximum atomic E-state index is 12.2. The van der Waals surface area contributed by atoms with Gasteiger partial charge in [0.1, 0.15) is 13.2 Å². The summed E-state index contributed by atoms with van der Waals surface area (Å²) in [6.07, 6.45) is 1.61. The first kappa shape index (κ1) is 15.4. The van der Waals surface area contributed by atoms with E-state index in [1.807, 2.05) is 19.1 Å². The third kappa shape index (κ3) is 3.47. The van der Waals surface area contributed by atoms with Crippen LogP contribution in [0.3, 0.4) is 0 Å². The van der Waals surface area contributed by atoms with Gasteiger partial charge in [-0.2, -0.15) is 0 Å². The van der Waals surface area contributed by atoms with E-state index in [0.29, 0.717) is 55.2 Å². The quantitative estimate of drug-likeness (QED) is 0.881. The van der Waals surface area contributed by atoms with Gasteiger partial charge in [0.15, 0.2) is 11.5 Å². The molecule has 0 unspecified atom stereocenters. The summed E-state index contributed by atoms with van der Waals surface area (Å²) < 4.78 is 11.1. The maximum Gasteiger partial charge on any atom is 0.251 e. The summed E-state index contributed by atoms with van der Waals surface area (Å²) >= 11 is 0. The molecule has 3 rings (SSSR count). The van der Waals surface area contributed by atoms with Crippen molar-refractivity contribution in [3.8, 4) is 11.5 Å². The lowest BCUT2D eigenvalue weighted by atomic mass is 10.1. The number of H-pyrrole nitrogens is 1. The van der Waals surface area contributed by atoms with Gasteiger partial charge in [-0.05, 0) is 25.0 Å². The monoisotopic (exact) mass is 316 g/mol. The highest BCUT2D eigenvalue weighted by molar-refractivity contribution is 5.83. The molecule has 2 heterocycles. The van der Waals surface area contributed by atoms with Crippen LogP contribution < -0.4 is 20.3 Å². The molecule has 1 aromatic heterocycles. The number of aryl methyl sites for hydroxylation is 1. The summed E-state index contributed by atoms with van der Waals surface area (Å²) in [4.78, 5) is 26.7. The largest absolute Gasteiger partial charge is 0.486 e. The minimum absolute atomic E-state index is 0.0338. The zero-order valence-electron chi connectivity index (χ0n) is 13.1. The Morgan fingerprint density at radius 3 is 2.70 bits per heavy atom. The van der Waals surface area contributed by atoms with Crippen LogP contribution in [0.2, 0.25) is 0 Å². The fraction of sp³-hybridized carbons (Fsp3) is 0.412. The lowest BCUT2D eigenvalue weighted by Crippen LogP contribution is -2.25. The van der Waals surface area contributed by atoms with Gasteiger partial charge in [-0.1, -0.05) is 6.92 Å². The van der Waals surface area contributed by atoms with Crippen molar-refractivity contribution in [1.29, 1.82) is 0 Å². The van der Waals surface area contributed by atoms with Gasteiger partial charge in [0, 0.05) is 30.0 Å². The summed E-state index contributed by atoms with van der Waals surface area (Å²) in [6.45, 7) is 3.69. The van der Waals surface area contributed by atoms with Crippen LogP contribution >= 0.6 is 0 Å². The maximum absolute atomic E-state index is 12.2. The molecule has 0 spiro atoms. The first-order valence-corrected chi connectivity index (χ1v) is 7.89. The Hall–Kier alpha value is -2.50. The number of hydrogen-bond donors (Lipinski definition) is 2. The molecule has 1 amide bonds. The molecule has 1 aromatic carbocycles. The van der Waals surface area contributed by atoms with Crippen LogP contribution in [0.1, 0.15) is 25.3 Å². The Bertz CT molecular complexity index is 782. The van der Waals surface area contributed by atoms with Crippen LogP contribution in [0.15, 0.2) is 23.0 Å². The molecule has 1 aliphatic heterocycles. The number of aromatic amines is 1. The molecule has 122 valence electrons. The van der Waals surface area contributed by atoms with Gasteiger partial charge in [0.05, 0.1) is 5.52 Å². The van der Waals surface area contributed by atoms with Crippen molar-refractivity contribution in [2.75, 3.05) is 19.8 Å². The lowest BCUT2D eigenvalue weighted by Gasteiger charge is -2.18. The molecule has 0 saturated heterocycles. The van der Waals surface area contributed by atoms with Gasteiger partial charge in [0.25, 0.3) is 5.56 Å². The number of nitrogens with one attached hydrogen (secondary N) is 2. The number of fused-ring (bicyclic) bond motifs is 2. The van der Waals surface area contributed by atoms with Crippen LogP contribution in [0.25, 0.3) is 10.9 Å². The van der Waals surface area contributed by atoms with Crippen molar-refractivity contribution in [3.63, 3.8) is 0 Å². The summed E-state index contributed by atoms with van der Waals surface area (Å²) in [5, 5.41) is 3.69. The SMILES string of the molecule is CCCNC(=O)CCc1cc2cc3c(cc2[nH]c1=O)OCCO3. The summed E-state index contributed by atoms with van der Waals surface area (Å²) in [7, 11) is 0. The molecule has 6 heteroatoms. The average Bonchev–Trinajstić information content (AvgIpc) is 2.56. The molecule has 1 aliphatic rings. The first-order valence-electron chi connectivity index (χ1n) is 7.89. The molecule has 0 bridgehead atoms. The molecular weight excluding hydrogens is 296 g/mol. The minimum Gasteiger partial charge on any atom is -0.486 e. The highest BCUT2D eigenvalue weighted by Gasteiger charge is 2.14. The number of carbonyl (C=O) groups is 1. The smallest absolute Gasteiger partial charge is 0.251 e. The van der Waals surface area contributed by atoms with E-state index >= 15 is 0 Å². The van der Waals surface area contributed by atoms with E-state index in [4.69, 9.17) is 9.47 Å². The lowest BCUT2D eigenvalue weighted by molar-refractivity contribution is -0.121. The second kappa shape index (κ2) is 6.73. The standard InChI is InChI=1S/C17H20N2O4/c1-2-5-18-16(20)4-3-11-8-12-9-14-15(23-7-6-22-14)10-13(12)19-17(11)21/h8-10H,2-7H2,1H3,(H,18,20)(H,19,21). The Balaban J connectivity index is 1.82. The van der Waals surface area contributed by atoms with E-state index < -0.39 is 0 Å².